The minimum absolute atomic E-state index is 0.246. The third-order valence-electron chi connectivity index (χ3n) is 3.93. The predicted molar refractivity (Wildman–Crippen MR) is 98.2 cm³/mol. The molecule has 0 aliphatic rings. The second-order valence-corrected chi connectivity index (χ2v) is 5.71. The predicted octanol–water partition coefficient (Wildman–Crippen LogP) is 4.11. The Labute approximate surface area is 153 Å². The molecule has 0 aliphatic heterocycles. The molecule has 2 aromatic carbocycles. The van der Waals surface area contributed by atoms with Gasteiger partial charge in [0.1, 0.15) is 12.4 Å². The van der Waals surface area contributed by atoms with Crippen molar-refractivity contribution in [3.8, 4) is 5.75 Å². The number of hydrogen-bond donors (Lipinski definition) is 0. The van der Waals surface area contributed by atoms with E-state index in [1.165, 1.54) is 0 Å². The highest BCUT2D eigenvalue weighted by molar-refractivity contribution is 5.91. The summed E-state index contributed by atoms with van der Waals surface area (Å²) in [5.74, 6) is -0.271. The monoisotopic (exact) mass is 356 g/mol. The molecular formula is C21H24O5. The SMILES string of the molecule is CCOC(=O)c1ccccc1COc1ccc(C(C)C(=O)OCC)cc1. The first kappa shape index (κ1) is 19.5. The van der Waals surface area contributed by atoms with Gasteiger partial charge in [-0.2, -0.15) is 0 Å². The van der Waals surface area contributed by atoms with Gasteiger partial charge in [0.2, 0.25) is 0 Å². The van der Waals surface area contributed by atoms with Crippen LogP contribution < -0.4 is 4.74 Å². The van der Waals surface area contributed by atoms with Gasteiger partial charge < -0.3 is 14.2 Å². The van der Waals surface area contributed by atoms with Crippen LogP contribution in [0.3, 0.4) is 0 Å². The molecule has 2 aromatic rings. The summed E-state index contributed by atoms with van der Waals surface area (Å²) in [5, 5.41) is 0. The number of carbonyl (C=O) groups excluding carboxylic acids is 2. The lowest BCUT2D eigenvalue weighted by molar-refractivity contribution is -0.144. The molecule has 0 radical (unpaired) electrons. The van der Waals surface area contributed by atoms with Gasteiger partial charge in [-0.25, -0.2) is 4.79 Å². The summed E-state index contributed by atoms with van der Waals surface area (Å²) >= 11 is 0. The first-order valence-electron chi connectivity index (χ1n) is 8.71. The third kappa shape index (κ3) is 5.09. The maximum absolute atomic E-state index is 12.0. The van der Waals surface area contributed by atoms with Crippen LogP contribution in [-0.2, 0) is 20.9 Å². The van der Waals surface area contributed by atoms with E-state index >= 15 is 0 Å². The Kier molecular flexibility index (Phi) is 7.21. The minimum atomic E-state index is -0.356. The molecule has 0 saturated carbocycles. The fraction of sp³-hybridized carbons (Fsp3) is 0.333. The van der Waals surface area contributed by atoms with E-state index in [1.54, 1.807) is 38.1 Å². The van der Waals surface area contributed by atoms with Crippen molar-refractivity contribution < 1.29 is 23.8 Å². The highest BCUT2D eigenvalue weighted by Crippen LogP contribution is 2.22. The van der Waals surface area contributed by atoms with Gasteiger partial charge >= 0.3 is 11.9 Å². The van der Waals surface area contributed by atoms with Gasteiger partial charge in [-0.1, -0.05) is 30.3 Å². The molecule has 0 heterocycles. The second kappa shape index (κ2) is 9.61. The zero-order valence-electron chi connectivity index (χ0n) is 15.4. The molecule has 26 heavy (non-hydrogen) atoms. The minimum Gasteiger partial charge on any atom is -0.489 e. The molecule has 2 rings (SSSR count). The lowest BCUT2D eigenvalue weighted by atomic mass is 10.0. The average molecular weight is 356 g/mol. The quantitative estimate of drug-likeness (QED) is 0.666. The van der Waals surface area contributed by atoms with Gasteiger partial charge in [0.15, 0.2) is 0 Å². The highest BCUT2D eigenvalue weighted by Gasteiger charge is 2.16. The van der Waals surface area contributed by atoms with E-state index in [0.29, 0.717) is 24.5 Å². The molecule has 0 aromatic heterocycles. The number of benzene rings is 2. The Bertz CT molecular complexity index is 736. The Morgan fingerprint density at radius 1 is 0.923 bits per heavy atom. The number of carbonyl (C=O) groups is 2. The number of rotatable bonds is 8. The summed E-state index contributed by atoms with van der Waals surface area (Å²) in [6.45, 7) is 6.31. The van der Waals surface area contributed by atoms with E-state index in [2.05, 4.69) is 0 Å². The van der Waals surface area contributed by atoms with Crippen molar-refractivity contribution in [2.45, 2.75) is 33.3 Å². The van der Waals surface area contributed by atoms with Crippen LogP contribution >= 0.6 is 0 Å². The smallest absolute Gasteiger partial charge is 0.338 e. The molecule has 138 valence electrons. The van der Waals surface area contributed by atoms with Crippen LogP contribution in [0.4, 0.5) is 0 Å². The normalized spacial score (nSPS) is 11.5. The molecule has 0 saturated heterocycles. The zero-order chi connectivity index (χ0) is 18.9. The van der Waals surface area contributed by atoms with Crippen LogP contribution in [0, 0.1) is 0 Å². The summed E-state index contributed by atoms with van der Waals surface area (Å²) in [5.41, 5.74) is 2.12. The molecule has 0 N–H and O–H groups in total. The van der Waals surface area contributed by atoms with Gasteiger partial charge in [-0.05, 0) is 44.5 Å². The molecule has 1 unspecified atom stereocenters. The number of hydrogen-bond acceptors (Lipinski definition) is 5. The van der Waals surface area contributed by atoms with E-state index in [-0.39, 0.29) is 24.5 Å². The number of ether oxygens (including phenoxy) is 3. The van der Waals surface area contributed by atoms with Crippen molar-refractivity contribution in [1.29, 1.82) is 0 Å². The summed E-state index contributed by atoms with van der Waals surface area (Å²) in [6.07, 6.45) is 0. The fourth-order valence-electron chi connectivity index (χ4n) is 2.47. The van der Waals surface area contributed by atoms with Crippen molar-refractivity contribution in [2.75, 3.05) is 13.2 Å². The molecule has 1 atom stereocenters. The second-order valence-electron chi connectivity index (χ2n) is 5.71. The van der Waals surface area contributed by atoms with Crippen molar-refractivity contribution in [2.24, 2.45) is 0 Å². The lowest BCUT2D eigenvalue weighted by Crippen LogP contribution is -2.13. The van der Waals surface area contributed by atoms with Crippen LogP contribution in [0.2, 0.25) is 0 Å². The van der Waals surface area contributed by atoms with Crippen molar-refractivity contribution in [3.63, 3.8) is 0 Å². The van der Waals surface area contributed by atoms with Crippen molar-refractivity contribution >= 4 is 11.9 Å². The summed E-state index contributed by atoms with van der Waals surface area (Å²) in [7, 11) is 0. The molecular weight excluding hydrogens is 332 g/mol. The Morgan fingerprint density at radius 3 is 2.23 bits per heavy atom. The summed E-state index contributed by atoms with van der Waals surface area (Å²) in [4.78, 5) is 23.8. The Morgan fingerprint density at radius 2 is 1.58 bits per heavy atom. The largest absolute Gasteiger partial charge is 0.489 e. The van der Waals surface area contributed by atoms with Crippen LogP contribution in [-0.4, -0.2) is 25.2 Å². The molecule has 0 bridgehead atoms. The lowest BCUT2D eigenvalue weighted by Gasteiger charge is -2.13. The molecule has 0 amide bonds. The maximum atomic E-state index is 12.0. The fourth-order valence-corrected chi connectivity index (χ4v) is 2.47. The van der Waals surface area contributed by atoms with Crippen LogP contribution in [0.15, 0.2) is 48.5 Å². The summed E-state index contributed by atoms with van der Waals surface area (Å²) in [6, 6.07) is 14.5. The third-order valence-corrected chi connectivity index (χ3v) is 3.93. The average Bonchev–Trinajstić information content (AvgIpc) is 2.67. The van der Waals surface area contributed by atoms with Gasteiger partial charge in [0, 0.05) is 5.56 Å². The molecule has 0 spiro atoms. The number of esters is 2. The van der Waals surface area contributed by atoms with Gasteiger partial charge in [-0.15, -0.1) is 0 Å². The van der Waals surface area contributed by atoms with Crippen LogP contribution in [0.25, 0.3) is 0 Å². The van der Waals surface area contributed by atoms with E-state index < -0.39 is 0 Å². The molecule has 0 fully saturated rings. The zero-order valence-corrected chi connectivity index (χ0v) is 15.4. The highest BCUT2D eigenvalue weighted by atomic mass is 16.5. The van der Waals surface area contributed by atoms with Crippen LogP contribution in [0.5, 0.6) is 5.75 Å². The Hall–Kier alpha value is -2.82. The first-order chi connectivity index (χ1) is 12.6. The van der Waals surface area contributed by atoms with Crippen molar-refractivity contribution in [1.82, 2.24) is 0 Å². The van der Waals surface area contributed by atoms with Crippen molar-refractivity contribution in [3.05, 3.63) is 65.2 Å². The van der Waals surface area contributed by atoms with E-state index in [4.69, 9.17) is 14.2 Å². The van der Waals surface area contributed by atoms with E-state index in [0.717, 1.165) is 11.1 Å². The Balaban J connectivity index is 2.03. The van der Waals surface area contributed by atoms with Gasteiger partial charge in [0.05, 0.1) is 24.7 Å². The molecule has 5 nitrogen and oxygen atoms in total. The van der Waals surface area contributed by atoms with E-state index in [9.17, 15) is 9.59 Å². The first-order valence-corrected chi connectivity index (χ1v) is 8.71. The maximum Gasteiger partial charge on any atom is 0.338 e. The topological polar surface area (TPSA) is 61.8 Å². The van der Waals surface area contributed by atoms with Gasteiger partial charge in [0.25, 0.3) is 0 Å². The molecule has 0 aliphatic carbocycles. The molecule has 5 heteroatoms. The summed E-state index contributed by atoms with van der Waals surface area (Å²) < 4.78 is 15.9. The van der Waals surface area contributed by atoms with Crippen LogP contribution in [0.1, 0.15) is 48.2 Å². The standard InChI is InChI=1S/C21H24O5/c1-4-24-20(22)15(3)16-10-12-18(13-11-16)26-14-17-8-6-7-9-19(17)21(23)25-5-2/h6-13,15H,4-5,14H2,1-3H3. The van der Waals surface area contributed by atoms with E-state index in [1.807, 2.05) is 31.2 Å². The van der Waals surface area contributed by atoms with Gasteiger partial charge in [-0.3, -0.25) is 4.79 Å².